The summed E-state index contributed by atoms with van der Waals surface area (Å²) in [6.45, 7) is 4.29. The van der Waals surface area contributed by atoms with Crippen molar-refractivity contribution in [3.05, 3.63) is 81.8 Å². The Morgan fingerprint density at radius 3 is 2.68 bits per heavy atom. The van der Waals surface area contributed by atoms with E-state index in [1.54, 1.807) is 11.3 Å². The lowest BCUT2D eigenvalue weighted by Gasteiger charge is -2.09. The lowest BCUT2D eigenvalue weighted by molar-refractivity contribution is -0.115. The van der Waals surface area contributed by atoms with Gasteiger partial charge in [0, 0.05) is 17.5 Å². The SMILES string of the molecule is CC(C)c1cccc(NC(=O)Cc2csc(Cc3ccccc3)n2)c1. The fraction of sp³-hybridized carbons (Fsp3) is 0.238. The number of carbonyl (C=O) groups is 1. The number of nitrogens with zero attached hydrogens (tertiary/aromatic N) is 1. The fourth-order valence-corrected chi connectivity index (χ4v) is 3.46. The van der Waals surface area contributed by atoms with E-state index in [0.717, 1.165) is 22.8 Å². The summed E-state index contributed by atoms with van der Waals surface area (Å²) in [5, 5.41) is 5.98. The summed E-state index contributed by atoms with van der Waals surface area (Å²) in [5.41, 5.74) is 4.12. The Hall–Kier alpha value is -2.46. The molecule has 0 aliphatic rings. The molecule has 0 aliphatic heterocycles. The standard InChI is InChI=1S/C21H22N2OS/c1-15(2)17-9-6-10-18(12-17)22-20(24)13-19-14-25-21(23-19)11-16-7-4-3-5-8-16/h3-10,12,14-15H,11,13H2,1-2H3,(H,22,24). The second kappa shape index (κ2) is 8.08. The average Bonchev–Trinajstić information content (AvgIpc) is 3.02. The number of hydrogen-bond acceptors (Lipinski definition) is 3. The van der Waals surface area contributed by atoms with Crippen LogP contribution in [0.5, 0.6) is 0 Å². The van der Waals surface area contributed by atoms with Crippen LogP contribution in [0.3, 0.4) is 0 Å². The Balaban J connectivity index is 1.59. The van der Waals surface area contributed by atoms with Crippen LogP contribution in [-0.2, 0) is 17.6 Å². The first kappa shape index (κ1) is 17.4. The Labute approximate surface area is 152 Å². The number of amides is 1. The fourth-order valence-electron chi connectivity index (χ4n) is 2.63. The van der Waals surface area contributed by atoms with Gasteiger partial charge in [0.1, 0.15) is 0 Å². The maximum atomic E-state index is 12.3. The highest BCUT2D eigenvalue weighted by molar-refractivity contribution is 7.09. The second-order valence-corrected chi connectivity index (χ2v) is 7.34. The van der Waals surface area contributed by atoms with Crippen molar-refractivity contribution in [2.45, 2.75) is 32.6 Å². The number of carbonyl (C=O) groups excluding carboxylic acids is 1. The van der Waals surface area contributed by atoms with Crippen LogP contribution in [0.15, 0.2) is 60.0 Å². The van der Waals surface area contributed by atoms with Crippen LogP contribution in [0.2, 0.25) is 0 Å². The van der Waals surface area contributed by atoms with Crippen molar-refractivity contribution in [2.24, 2.45) is 0 Å². The lowest BCUT2D eigenvalue weighted by Crippen LogP contribution is -2.14. The van der Waals surface area contributed by atoms with Crippen molar-refractivity contribution in [3.63, 3.8) is 0 Å². The van der Waals surface area contributed by atoms with E-state index in [0.29, 0.717) is 12.3 Å². The van der Waals surface area contributed by atoms with Crippen molar-refractivity contribution < 1.29 is 4.79 Å². The first-order chi connectivity index (χ1) is 12.1. The van der Waals surface area contributed by atoms with E-state index in [1.807, 2.05) is 41.8 Å². The molecule has 3 aromatic rings. The molecule has 2 aromatic carbocycles. The molecule has 1 heterocycles. The molecule has 0 bridgehead atoms. The van der Waals surface area contributed by atoms with Crippen LogP contribution in [0.25, 0.3) is 0 Å². The molecule has 3 nitrogen and oxygen atoms in total. The predicted octanol–water partition coefficient (Wildman–Crippen LogP) is 5.04. The zero-order chi connectivity index (χ0) is 17.6. The van der Waals surface area contributed by atoms with E-state index in [-0.39, 0.29) is 5.91 Å². The van der Waals surface area contributed by atoms with E-state index in [1.165, 1.54) is 11.1 Å². The topological polar surface area (TPSA) is 42.0 Å². The van der Waals surface area contributed by atoms with Gasteiger partial charge < -0.3 is 5.32 Å². The summed E-state index contributed by atoms with van der Waals surface area (Å²) >= 11 is 1.61. The van der Waals surface area contributed by atoms with Gasteiger partial charge in [0.2, 0.25) is 5.91 Å². The van der Waals surface area contributed by atoms with Gasteiger partial charge in [0.25, 0.3) is 0 Å². The van der Waals surface area contributed by atoms with E-state index < -0.39 is 0 Å². The summed E-state index contributed by atoms with van der Waals surface area (Å²) < 4.78 is 0. The van der Waals surface area contributed by atoms with Gasteiger partial charge in [-0.15, -0.1) is 11.3 Å². The van der Waals surface area contributed by atoms with Crippen LogP contribution in [-0.4, -0.2) is 10.9 Å². The number of thiazole rings is 1. The molecule has 4 heteroatoms. The maximum absolute atomic E-state index is 12.3. The highest BCUT2D eigenvalue weighted by atomic mass is 32.1. The molecular weight excluding hydrogens is 328 g/mol. The third kappa shape index (κ3) is 5.00. The summed E-state index contributed by atoms with van der Waals surface area (Å²) in [5.74, 6) is 0.411. The van der Waals surface area contributed by atoms with Gasteiger partial charge in [-0.3, -0.25) is 4.79 Å². The molecular formula is C21H22N2OS. The third-order valence-corrected chi connectivity index (χ3v) is 4.87. The van der Waals surface area contributed by atoms with Gasteiger partial charge in [0.05, 0.1) is 17.1 Å². The molecule has 0 saturated heterocycles. The highest BCUT2D eigenvalue weighted by Gasteiger charge is 2.09. The summed E-state index contributed by atoms with van der Waals surface area (Å²) in [4.78, 5) is 16.9. The molecule has 1 N–H and O–H groups in total. The number of hydrogen-bond donors (Lipinski definition) is 1. The van der Waals surface area contributed by atoms with Gasteiger partial charge in [-0.05, 0) is 29.2 Å². The zero-order valence-corrected chi connectivity index (χ0v) is 15.3. The first-order valence-electron chi connectivity index (χ1n) is 8.47. The van der Waals surface area contributed by atoms with E-state index in [2.05, 4.69) is 42.3 Å². The molecule has 1 amide bonds. The van der Waals surface area contributed by atoms with Crippen LogP contribution in [0.4, 0.5) is 5.69 Å². The van der Waals surface area contributed by atoms with Gasteiger partial charge in [-0.25, -0.2) is 4.98 Å². The van der Waals surface area contributed by atoms with E-state index in [9.17, 15) is 4.79 Å². The molecule has 0 saturated carbocycles. The minimum absolute atomic E-state index is 0.0301. The van der Waals surface area contributed by atoms with Crippen molar-refractivity contribution in [2.75, 3.05) is 5.32 Å². The van der Waals surface area contributed by atoms with Crippen molar-refractivity contribution in [3.8, 4) is 0 Å². The molecule has 0 unspecified atom stereocenters. The third-order valence-electron chi connectivity index (χ3n) is 3.98. The van der Waals surface area contributed by atoms with Crippen LogP contribution in [0.1, 0.15) is 41.6 Å². The highest BCUT2D eigenvalue weighted by Crippen LogP contribution is 2.19. The van der Waals surface area contributed by atoms with Gasteiger partial charge in [-0.2, -0.15) is 0 Å². The minimum atomic E-state index is -0.0301. The number of rotatable bonds is 6. The predicted molar refractivity (Wildman–Crippen MR) is 104 cm³/mol. The Kier molecular flexibility index (Phi) is 5.61. The van der Waals surface area contributed by atoms with Crippen LogP contribution >= 0.6 is 11.3 Å². The number of benzene rings is 2. The Bertz CT molecular complexity index is 840. The molecule has 0 aliphatic carbocycles. The number of nitrogens with one attached hydrogen (secondary N) is 1. The Morgan fingerprint density at radius 2 is 1.92 bits per heavy atom. The summed E-state index contributed by atoms with van der Waals surface area (Å²) in [6, 6.07) is 18.3. The number of aromatic nitrogens is 1. The monoisotopic (exact) mass is 350 g/mol. The largest absolute Gasteiger partial charge is 0.326 e. The van der Waals surface area contributed by atoms with Gasteiger partial charge >= 0.3 is 0 Å². The molecule has 128 valence electrons. The van der Waals surface area contributed by atoms with Gasteiger partial charge in [-0.1, -0.05) is 56.3 Å². The van der Waals surface area contributed by atoms with E-state index >= 15 is 0 Å². The first-order valence-corrected chi connectivity index (χ1v) is 9.35. The quantitative estimate of drug-likeness (QED) is 0.677. The van der Waals surface area contributed by atoms with E-state index in [4.69, 9.17) is 0 Å². The molecule has 0 fully saturated rings. The van der Waals surface area contributed by atoms with Crippen molar-refractivity contribution >= 4 is 22.9 Å². The summed E-state index contributed by atoms with van der Waals surface area (Å²) in [7, 11) is 0. The Morgan fingerprint density at radius 1 is 1.12 bits per heavy atom. The average molecular weight is 350 g/mol. The smallest absolute Gasteiger partial charge is 0.230 e. The molecule has 3 rings (SSSR count). The maximum Gasteiger partial charge on any atom is 0.230 e. The second-order valence-electron chi connectivity index (χ2n) is 6.40. The van der Waals surface area contributed by atoms with Crippen LogP contribution < -0.4 is 5.32 Å². The number of anilines is 1. The molecule has 1 aromatic heterocycles. The molecule has 0 spiro atoms. The minimum Gasteiger partial charge on any atom is -0.326 e. The van der Waals surface area contributed by atoms with Crippen molar-refractivity contribution in [1.29, 1.82) is 0 Å². The van der Waals surface area contributed by atoms with Crippen molar-refractivity contribution in [1.82, 2.24) is 4.98 Å². The van der Waals surface area contributed by atoms with Crippen LogP contribution in [0, 0.1) is 0 Å². The summed E-state index contributed by atoms with van der Waals surface area (Å²) in [6.07, 6.45) is 1.11. The molecule has 25 heavy (non-hydrogen) atoms. The lowest BCUT2D eigenvalue weighted by atomic mass is 10.0. The molecule has 0 radical (unpaired) electrons. The van der Waals surface area contributed by atoms with Gasteiger partial charge in [0.15, 0.2) is 0 Å². The normalized spacial score (nSPS) is 10.8. The zero-order valence-electron chi connectivity index (χ0n) is 14.5. The molecule has 0 atom stereocenters.